The van der Waals surface area contributed by atoms with Crippen molar-refractivity contribution in [1.82, 2.24) is 0 Å². The second-order valence-corrected chi connectivity index (χ2v) is 4.48. The molecule has 3 aliphatic carbocycles. The molecule has 0 radical (unpaired) electrons. The van der Waals surface area contributed by atoms with Crippen LogP contribution in [0.25, 0.3) is 0 Å². The summed E-state index contributed by atoms with van der Waals surface area (Å²) >= 11 is 0. The molecule has 3 heteroatoms. The minimum Gasteiger partial charge on any atom is -0.454 e. The Bertz CT molecular complexity index is 344. The maximum atomic E-state index is 11.7. The first-order valence-corrected chi connectivity index (χ1v) is 5.08. The third-order valence-electron chi connectivity index (χ3n) is 3.77. The summed E-state index contributed by atoms with van der Waals surface area (Å²) in [7, 11) is 0. The first-order chi connectivity index (χ1) is 6.68. The van der Waals surface area contributed by atoms with Crippen LogP contribution in [0.15, 0.2) is 12.2 Å². The Kier molecular flexibility index (Phi) is 1.45. The molecule has 74 valence electrons. The summed E-state index contributed by atoms with van der Waals surface area (Å²) in [5, 5.41) is 0. The van der Waals surface area contributed by atoms with Gasteiger partial charge in [-0.15, -0.1) is 0 Å². The highest BCUT2D eigenvalue weighted by Crippen LogP contribution is 2.56. The van der Waals surface area contributed by atoms with Crippen LogP contribution < -0.4 is 0 Å². The van der Waals surface area contributed by atoms with Gasteiger partial charge in [0.05, 0.1) is 0 Å². The monoisotopic (exact) mass is 192 g/mol. The van der Waals surface area contributed by atoms with E-state index in [0.717, 1.165) is 6.42 Å². The molecule has 0 saturated heterocycles. The molecule has 0 amide bonds. The van der Waals surface area contributed by atoms with Crippen LogP contribution in [-0.2, 0) is 14.3 Å². The van der Waals surface area contributed by atoms with Crippen molar-refractivity contribution in [2.24, 2.45) is 23.7 Å². The van der Waals surface area contributed by atoms with Gasteiger partial charge in [0.1, 0.15) is 0 Å². The van der Waals surface area contributed by atoms with Crippen LogP contribution >= 0.6 is 0 Å². The number of ketones is 1. The average Bonchev–Trinajstić information content (AvgIpc) is 2.70. The Hall–Kier alpha value is -1.12. The molecule has 2 fully saturated rings. The highest BCUT2D eigenvalue weighted by atomic mass is 16.5. The lowest BCUT2D eigenvalue weighted by Crippen LogP contribution is -2.55. The number of allylic oxidation sites excluding steroid dienone is 2. The van der Waals surface area contributed by atoms with Crippen LogP contribution in [0.2, 0.25) is 0 Å². The summed E-state index contributed by atoms with van der Waals surface area (Å²) in [6.45, 7) is 1.36. The van der Waals surface area contributed by atoms with E-state index in [0.29, 0.717) is 17.8 Å². The lowest BCUT2D eigenvalue weighted by atomic mass is 9.64. The zero-order valence-corrected chi connectivity index (χ0v) is 7.97. The lowest BCUT2D eigenvalue weighted by Gasteiger charge is -2.42. The van der Waals surface area contributed by atoms with E-state index in [1.807, 2.05) is 0 Å². The van der Waals surface area contributed by atoms with Crippen LogP contribution in [0.4, 0.5) is 0 Å². The fourth-order valence-electron chi connectivity index (χ4n) is 3.25. The zero-order valence-electron chi connectivity index (χ0n) is 7.97. The summed E-state index contributed by atoms with van der Waals surface area (Å²) in [6, 6.07) is 0. The predicted octanol–water partition coefficient (Wildman–Crippen LogP) is 0.939. The molecule has 5 atom stereocenters. The fraction of sp³-hybridized carbons (Fsp3) is 0.636. The number of carbonyl (C=O) groups excluding carboxylic acids is 2. The average molecular weight is 192 g/mol. The van der Waals surface area contributed by atoms with Gasteiger partial charge in [-0.1, -0.05) is 12.2 Å². The number of rotatable bonds is 1. The van der Waals surface area contributed by atoms with Crippen molar-refractivity contribution in [3.8, 4) is 0 Å². The number of carbonyl (C=O) groups is 2. The largest absolute Gasteiger partial charge is 0.454 e. The Labute approximate surface area is 82.1 Å². The van der Waals surface area contributed by atoms with Crippen LogP contribution in [0.1, 0.15) is 13.3 Å². The number of Topliss-reactive ketones (excluding diaryl/α,β-unsaturated/α-hetero) is 1. The zero-order chi connectivity index (χ0) is 9.87. The molecule has 0 spiro atoms. The normalized spacial score (nSPS) is 47.5. The summed E-state index contributed by atoms with van der Waals surface area (Å²) in [5.74, 6) is 1.17. The Morgan fingerprint density at radius 1 is 1.43 bits per heavy atom. The summed E-state index contributed by atoms with van der Waals surface area (Å²) in [6.07, 6.45) is 4.97. The van der Waals surface area contributed by atoms with Crippen molar-refractivity contribution >= 4 is 11.8 Å². The van der Waals surface area contributed by atoms with Crippen molar-refractivity contribution in [2.75, 3.05) is 0 Å². The second kappa shape index (κ2) is 2.47. The topological polar surface area (TPSA) is 43.4 Å². The minimum absolute atomic E-state index is 0.141. The van der Waals surface area contributed by atoms with Gasteiger partial charge in [-0.2, -0.15) is 0 Å². The Morgan fingerprint density at radius 3 is 2.86 bits per heavy atom. The number of esters is 1. The summed E-state index contributed by atoms with van der Waals surface area (Å²) in [5.41, 5.74) is 0. The second-order valence-electron chi connectivity index (χ2n) is 4.48. The molecule has 3 rings (SSSR count). The van der Waals surface area contributed by atoms with Gasteiger partial charge in [0.25, 0.3) is 0 Å². The molecule has 2 saturated carbocycles. The van der Waals surface area contributed by atoms with Crippen LogP contribution in [-0.4, -0.2) is 17.9 Å². The molecular weight excluding hydrogens is 180 g/mol. The summed E-state index contributed by atoms with van der Waals surface area (Å²) < 4.78 is 5.04. The third kappa shape index (κ3) is 0.825. The van der Waals surface area contributed by atoms with Gasteiger partial charge in [0.15, 0.2) is 11.9 Å². The van der Waals surface area contributed by atoms with Gasteiger partial charge in [-0.05, 0) is 18.3 Å². The Morgan fingerprint density at radius 2 is 2.14 bits per heavy atom. The third-order valence-corrected chi connectivity index (χ3v) is 3.77. The molecule has 14 heavy (non-hydrogen) atoms. The smallest absolute Gasteiger partial charge is 0.303 e. The van der Waals surface area contributed by atoms with Crippen molar-refractivity contribution in [2.45, 2.75) is 19.4 Å². The maximum absolute atomic E-state index is 11.7. The molecule has 0 aromatic heterocycles. The van der Waals surface area contributed by atoms with E-state index in [2.05, 4.69) is 12.2 Å². The minimum atomic E-state index is -0.433. The van der Waals surface area contributed by atoms with E-state index in [1.165, 1.54) is 6.92 Å². The van der Waals surface area contributed by atoms with Gasteiger partial charge >= 0.3 is 5.97 Å². The molecule has 2 bridgehead atoms. The highest BCUT2D eigenvalue weighted by Gasteiger charge is 2.62. The van der Waals surface area contributed by atoms with Crippen molar-refractivity contribution in [3.63, 3.8) is 0 Å². The standard InChI is InChI=1S/C11H12O3/c1-5(12)14-11-9-7-3-2-6(4-7)8(9)10(11)13/h2-3,6-9,11H,4H2,1H3/t6-,7+,8-,9+,11+/m0/s1. The molecule has 0 heterocycles. The molecule has 3 nitrogen and oxygen atoms in total. The molecule has 0 unspecified atom stereocenters. The quantitative estimate of drug-likeness (QED) is 0.458. The first kappa shape index (κ1) is 8.21. The van der Waals surface area contributed by atoms with Crippen LogP contribution in [0.3, 0.4) is 0 Å². The van der Waals surface area contributed by atoms with Crippen molar-refractivity contribution < 1.29 is 14.3 Å². The predicted molar refractivity (Wildman–Crippen MR) is 48.3 cm³/mol. The number of fused-ring (bicyclic) bond motifs is 5. The van der Waals surface area contributed by atoms with E-state index >= 15 is 0 Å². The van der Waals surface area contributed by atoms with Crippen LogP contribution in [0.5, 0.6) is 0 Å². The molecule has 0 aromatic carbocycles. The van der Waals surface area contributed by atoms with Gasteiger partial charge in [-0.25, -0.2) is 0 Å². The maximum Gasteiger partial charge on any atom is 0.303 e. The molecule has 0 aliphatic heterocycles. The van der Waals surface area contributed by atoms with E-state index in [9.17, 15) is 9.59 Å². The highest BCUT2D eigenvalue weighted by molar-refractivity contribution is 5.95. The Balaban J connectivity index is 1.82. The number of hydrogen-bond acceptors (Lipinski definition) is 3. The number of hydrogen-bond donors (Lipinski definition) is 0. The van der Waals surface area contributed by atoms with Gasteiger partial charge < -0.3 is 4.74 Å². The molecule has 3 aliphatic rings. The van der Waals surface area contributed by atoms with Crippen molar-refractivity contribution in [1.29, 1.82) is 0 Å². The van der Waals surface area contributed by atoms with E-state index in [1.54, 1.807) is 0 Å². The first-order valence-electron chi connectivity index (χ1n) is 5.08. The molecule has 0 N–H and O–H groups in total. The van der Waals surface area contributed by atoms with Gasteiger partial charge in [0, 0.05) is 18.8 Å². The lowest BCUT2D eigenvalue weighted by molar-refractivity contribution is -0.173. The fourth-order valence-corrected chi connectivity index (χ4v) is 3.25. The summed E-state index contributed by atoms with van der Waals surface area (Å²) in [4.78, 5) is 22.5. The van der Waals surface area contributed by atoms with Crippen LogP contribution in [0, 0.1) is 23.7 Å². The number of ether oxygens (including phenoxy) is 1. The SMILES string of the molecule is CC(=O)O[C@H]1C(=O)[C@@H]2[C@H]1[C@@H]1C=C[C@H]2C1. The van der Waals surface area contributed by atoms with Gasteiger partial charge in [0.2, 0.25) is 0 Å². The molecular formula is C11H12O3. The van der Waals surface area contributed by atoms with E-state index in [-0.39, 0.29) is 17.7 Å². The van der Waals surface area contributed by atoms with Gasteiger partial charge in [-0.3, -0.25) is 9.59 Å². The van der Waals surface area contributed by atoms with E-state index < -0.39 is 6.10 Å². The molecule has 0 aromatic rings. The van der Waals surface area contributed by atoms with E-state index in [4.69, 9.17) is 4.74 Å². The van der Waals surface area contributed by atoms with Crippen molar-refractivity contribution in [3.05, 3.63) is 12.2 Å².